The zero-order chi connectivity index (χ0) is 11.9. The van der Waals surface area contributed by atoms with Gasteiger partial charge in [-0.3, -0.25) is 10.4 Å². The number of nitrogens with one attached hydrogen (secondary N) is 2. The Bertz CT molecular complexity index is 231. The van der Waals surface area contributed by atoms with Crippen LogP contribution < -0.4 is 16.6 Å². The summed E-state index contributed by atoms with van der Waals surface area (Å²) in [5.41, 5.74) is 2.59. The number of nitrogens with two attached hydrogens (primary N) is 1. The lowest BCUT2D eigenvalue weighted by molar-refractivity contribution is 0.195. The molecule has 6 heteroatoms. The topological polar surface area (TPSA) is 71.7 Å². The third-order valence-electron chi connectivity index (χ3n) is 2.72. The van der Waals surface area contributed by atoms with Gasteiger partial charge in [0.15, 0.2) is 0 Å². The highest BCUT2D eigenvalue weighted by Gasteiger charge is 2.41. The van der Waals surface area contributed by atoms with E-state index in [0.29, 0.717) is 10.7 Å². The third kappa shape index (κ3) is 4.59. The molecule has 0 radical (unpaired) electrons. The van der Waals surface area contributed by atoms with Crippen LogP contribution in [0.4, 0.5) is 0 Å². The molecule has 0 bridgehead atoms. The number of ether oxygens (including phenoxy) is 1. The zero-order valence-electron chi connectivity index (χ0n) is 10.1. The first-order valence-electron chi connectivity index (χ1n) is 5.55. The molecule has 94 valence electrons. The lowest BCUT2D eigenvalue weighted by atomic mass is 10.4. The van der Waals surface area contributed by atoms with Crippen molar-refractivity contribution in [1.82, 2.24) is 10.7 Å². The van der Waals surface area contributed by atoms with Crippen LogP contribution in [0, 0.1) is 0 Å². The van der Waals surface area contributed by atoms with Crippen molar-refractivity contribution in [2.24, 2.45) is 10.8 Å². The molecule has 5 nitrogen and oxygen atoms in total. The molecule has 1 fully saturated rings. The first kappa shape index (κ1) is 13.6. The summed E-state index contributed by atoms with van der Waals surface area (Å²) in [4.78, 5) is 4.45. The monoisotopic (exact) mass is 246 g/mol. The van der Waals surface area contributed by atoms with Crippen molar-refractivity contribution < 1.29 is 4.74 Å². The fraction of sp³-hybridized carbons (Fsp3) is 0.900. The average molecular weight is 246 g/mol. The fourth-order valence-electron chi connectivity index (χ4n) is 1.37. The first-order valence-corrected chi connectivity index (χ1v) is 6.78. The molecule has 0 spiro atoms. The standard InChI is InChI=1S/C10H22N4OS/c1-15-7-3-6-12-9(14-11)13-8-10(16-2)4-5-10/h3-8,11H2,1-2H3,(H2,12,13,14). The first-order chi connectivity index (χ1) is 7.76. The summed E-state index contributed by atoms with van der Waals surface area (Å²) in [5.74, 6) is 6.07. The Labute approximate surface area is 102 Å². The van der Waals surface area contributed by atoms with Crippen LogP contribution in [0.5, 0.6) is 0 Å². The van der Waals surface area contributed by atoms with Crippen LogP contribution in [0.1, 0.15) is 19.3 Å². The van der Waals surface area contributed by atoms with Gasteiger partial charge in [-0.25, -0.2) is 5.84 Å². The second kappa shape index (κ2) is 6.98. The van der Waals surface area contributed by atoms with E-state index in [4.69, 9.17) is 10.6 Å². The average Bonchev–Trinajstić information content (AvgIpc) is 3.09. The second-order valence-electron chi connectivity index (χ2n) is 3.97. The molecule has 0 aromatic rings. The SMILES string of the molecule is COCCCNC(=NCC1(SC)CC1)NN. The molecule has 0 aromatic carbocycles. The maximum absolute atomic E-state index is 5.40. The smallest absolute Gasteiger partial charge is 0.205 e. The molecule has 0 saturated heterocycles. The van der Waals surface area contributed by atoms with Crippen LogP contribution in [0.15, 0.2) is 4.99 Å². The molecule has 1 rings (SSSR count). The number of thioether (sulfide) groups is 1. The summed E-state index contributed by atoms with van der Waals surface area (Å²) in [6.07, 6.45) is 5.62. The van der Waals surface area contributed by atoms with Gasteiger partial charge in [-0.15, -0.1) is 0 Å². The molecule has 1 aliphatic carbocycles. The Morgan fingerprint density at radius 1 is 1.56 bits per heavy atom. The van der Waals surface area contributed by atoms with E-state index < -0.39 is 0 Å². The lowest BCUT2D eigenvalue weighted by Crippen LogP contribution is -2.42. The van der Waals surface area contributed by atoms with E-state index in [1.54, 1.807) is 7.11 Å². The third-order valence-corrected chi connectivity index (χ3v) is 4.12. The summed E-state index contributed by atoms with van der Waals surface area (Å²) in [6.45, 7) is 2.41. The minimum atomic E-state index is 0.385. The van der Waals surface area contributed by atoms with Gasteiger partial charge in [-0.2, -0.15) is 11.8 Å². The molecule has 0 atom stereocenters. The van der Waals surface area contributed by atoms with E-state index in [1.165, 1.54) is 12.8 Å². The van der Waals surface area contributed by atoms with Crippen molar-refractivity contribution in [1.29, 1.82) is 0 Å². The van der Waals surface area contributed by atoms with Crippen LogP contribution >= 0.6 is 11.8 Å². The molecule has 1 aliphatic rings. The summed E-state index contributed by atoms with van der Waals surface area (Å²) < 4.78 is 5.35. The minimum absolute atomic E-state index is 0.385. The van der Waals surface area contributed by atoms with E-state index in [2.05, 4.69) is 22.0 Å². The molecule has 0 unspecified atom stereocenters. The fourth-order valence-corrected chi connectivity index (χ4v) is 2.07. The van der Waals surface area contributed by atoms with Gasteiger partial charge in [0.1, 0.15) is 0 Å². The van der Waals surface area contributed by atoms with Crippen LogP contribution in [0.3, 0.4) is 0 Å². The van der Waals surface area contributed by atoms with Gasteiger partial charge < -0.3 is 10.1 Å². The van der Waals surface area contributed by atoms with Gasteiger partial charge in [-0.1, -0.05) is 0 Å². The van der Waals surface area contributed by atoms with Crippen molar-refractivity contribution in [3.63, 3.8) is 0 Å². The van der Waals surface area contributed by atoms with Crippen molar-refractivity contribution in [3.05, 3.63) is 0 Å². The highest BCUT2D eigenvalue weighted by atomic mass is 32.2. The van der Waals surface area contributed by atoms with Crippen molar-refractivity contribution in [2.45, 2.75) is 24.0 Å². The van der Waals surface area contributed by atoms with E-state index in [-0.39, 0.29) is 0 Å². The quantitative estimate of drug-likeness (QED) is 0.198. The number of methoxy groups -OCH3 is 1. The molecule has 0 heterocycles. The Kier molecular flexibility index (Phi) is 5.94. The number of hydrogen-bond acceptors (Lipinski definition) is 4. The summed E-state index contributed by atoms with van der Waals surface area (Å²) in [6, 6.07) is 0. The Balaban J connectivity index is 2.21. The van der Waals surface area contributed by atoms with E-state index >= 15 is 0 Å². The Hall–Kier alpha value is -0.460. The summed E-state index contributed by atoms with van der Waals surface area (Å²) >= 11 is 1.90. The van der Waals surface area contributed by atoms with Gasteiger partial charge in [0.25, 0.3) is 0 Å². The number of guanidine groups is 1. The largest absolute Gasteiger partial charge is 0.385 e. The predicted molar refractivity (Wildman–Crippen MR) is 69.6 cm³/mol. The van der Waals surface area contributed by atoms with Crippen molar-refractivity contribution in [2.75, 3.05) is 33.1 Å². The number of rotatable bonds is 7. The van der Waals surface area contributed by atoms with Gasteiger partial charge in [0.05, 0.1) is 6.54 Å². The maximum atomic E-state index is 5.40. The molecule has 0 amide bonds. The zero-order valence-corrected chi connectivity index (χ0v) is 10.9. The van der Waals surface area contributed by atoms with Gasteiger partial charge in [0, 0.05) is 25.0 Å². The summed E-state index contributed by atoms with van der Waals surface area (Å²) in [7, 11) is 1.70. The number of nitrogens with zero attached hydrogens (tertiary/aromatic N) is 1. The van der Waals surface area contributed by atoms with Crippen LogP contribution in [-0.4, -0.2) is 43.8 Å². The van der Waals surface area contributed by atoms with Crippen molar-refractivity contribution in [3.8, 4) is 0 Å². The highest BCUT2D eigenvalue weighted by Crippen LogP contribution is 2.47. The van der Waals surface area contributed by atoms with Gasteiger partial charge in [-0.05, 0) is 25.5 Å². The Morgan fingerprint density at radius 3 is 2.81 bits per heavy atom. The van der Waals surface area contributed by atoms with Crippen LogP contribution in [-0.2, 0) is 4.74 Å². The van der Waals surface area contributed by atoms with Gasteiger partial charge >= 0.3 is 0 Å². The molecule has 1 saturated carbocycles. The van der Waals surface area contributed by atoms with Crippen molar-refractivity contribution >= 4 is 17.7 Å². The number of hydrogen-bond donors (Lipinski definition) is 3. The number of aliphatic imine (C=N–C) groups is 1. The van der Waals surface area contributed by atoms with Gasteiger partial charge in [0.2, 0.25) is 5.96 Å². The molecule has 16 heavy (non-hydrogen) atoms. The predicted octanol–water partition coefficient (Wildman–Crippen LogP) is 0.327. The maximum Gasteiger partial charge on any atom is 0.205 e. The lowest BCUT2D eigenvalue weighted by Gasteiger charge is -2.12. The second-order valence-corrected chi connectivity index (χ2v) is 5.24. The van der Waals surface area contributed by atoms with E-state index in [1.807, 2.05) is 11.8 Å². The highest BCUT2D eigenvalue weighted by molar-refractivity contribution is 8.00. The van der Waals surface area contributed by atoms with E-state index in [9.17, 15) is 0 Å². The van der Waals surface area contributed by atoms with Crippen LogP contribution in [0.25, 0.3) is 0 Å². The summed E-state index contributed by atoms with van der Waals surface area (Å²) in [5, 5.41) is 3.15. The molecule has 0 aliphatic heterocycles. The molecular formula is C10H22N4OS. The molecular weight excluding hydrogens is 224 g/mol. The normalized spacial score (nSPS) is 18.3. The molecule has 0 aromatic heterocycles. The minimum Gasteiger partial charge on any atom is -0.385 e. The molecule has 4 N–H and O–H groups in total. The number of hydrazine groups is 1. The van der Waals surface area contributed by atoms with Crippen LogP contribution in [0.2, 0.25) is 0 Å². The Morgan fingerprint density at radius 2 is 2.31 bits per heavy atom. The van der Waals surface area contributed by atoms with E-state index in [0.717, 1.165) is 26.1 Å².